The largest absolute Gasteiger partial charge is 0.423 e. The molecule has 0 amide bonds. The number of pyridine rings is 1. The van der Waals surface area contributed by atoms with Gasteiger partial charge in [-0.3, -0.25) is 4.98 Å². The fraction of sp³-hybridized carbons (Fsp3) is 0.462. The number of anilines is 1. The highest BCUT2D eigenvalue weighted by Crippen LogP contribution is 2.36. The van der Waals surface area contributed by atoms with Gasteiger partial charge in [0.25, 0.3) is 0 Å². The molecule has 0 aromatic carbocycles. The van der Waals surface area contributed by atoms with Gasteiger partial charge in [0.15, 0.2) is 0 Å². The monoisotopic (exact) mass is 338 g/mol. The molecule has 1 aliphatic heterocycles. The summed E-state index contributed by atoms with van der Waals surface area (Å²) in [7, 11) is 1.73. The molecule has 0 aliphatic carbocycles. The molecule has 3 rings (SSSR count). The van der Waals surface area contributed by atoms with E-state index in [0.29, 0.717) is 11.8 Å². The molecule has 6 nitrogen and oxygen atoms in total. The fourth-order valence-corrected chi connectivity index (χ4v) is 2.84. The zero-order chi connectivity index (χ0) is 14.1. The lowest BCUT2D eigenvalue weighted by atomic mass is 10.2. The summed E-state index contributed by atoms with van der Waals surface area (Å²) in [6.45, 7) is 2.57. The van der Waals surface area contributed by atoms with Gasteiger partial charge < -0.3 is 14.1 Å². The van der Waals surface area contributed by atoms with Crippen molar-refractivity contribution in [1.29, 1.82) is 0 Å². The van der Waals surface area contributed by atoms with E-state index in [9.17, 15) is 0 Å². The first-order valence-corrected chi connectivity index (χ1v) is 7.16. The highest BCUT2D eigenvalue weighted by Gasteiger charge is 2.36. The summed E-state index contributed by atoms with van der Waals surface area (Å²) in [5.74, 6) is 1.20. The first-order chi connectivity index (χ1) is 9.67. The van der Waals surface area contributed by atoms with Crippen LogP contribution in [0, 0.1) is 6.92 Å². The van der Waals surface area contributed by atoms with Crippen LogP contribution in [-0.4, -0.2) is 34.9 Å². The number of hydrogen-bond donors (Lipinski definition) is 0. The predicted molar refractivity (Wildman–Crippen MR) is 76.5 cm³/mol. The molecule has 0 N–H and O–H groups in total. The maximum absolute atomic E-state index is 5.59. The number of hydrogen-bond acceptors (Lipinski definition) is 6. The molecule has 1 saturated heterocycles. The Kier molecular flexibility index (Phi) is 3.71. The van der Waals surface area contributed by atoms with Crippen LogP contribution >= 0.6 is 15.9 Å². The average molecular weight is 339 g/mol. The van der Waals surface area contributed by atoms with E-state index in [1.165, 1.54) is 0 Å². The van der Waals surface area contributed by atoms with E-state index >= 15 is 0 Å². The van der Waals surface area contributed by atoms with Crippen molar-refractivity contribution >= 4 is 21.6 Å². The lowest BCUT2D eigenvalue weighted by Gasteiger charge is -2.23. The van der Waals surface area contributed by atoms with Crippen LogP contribution in [0.4, 0.5) is 5.69 Å². The third-order valence-electron chi connectivity index (χ3n) is 3.44. The number of nitrogens with zero attached hydrogens (tertiary/aromatic N) is 4. The fourth-order valence-electron chi connectivity index (χ4n) is 2.49. The molecule has 0 saturated carbocycles. The molecular formula is C13H15BrN4O2. The second-order valence-corrected chi connectivity index (χ2v) is 5.70. The lowest BCUT2D eigenvalue weighted by Crippen LogP contribution is -2.25. The van der Waals surface area contributed by atoms with Gasteiger partial charge in [0.1, 0.15) is 6.04 Å². The molecule has 2 atom stereocenters. The SMILES string of the molecule is CO[C@@H]1C[C@H](c2nnc(C)o2)N(c2cncc(Br)c2)C1. The van der Waals surface area contributed by atoms with Crippen LogP contribution in [-0.2, 0) is 4.74 Å². The van der Waals surface area contributed by atoms with Gasteiger partial charge in [0.2, 0.25) is 11.8 Å². The highest BCUT2D eigenvalue weighted by atomic mass is 79.9. The van der Waals surface area contributed by atoms with Crippen LogP contribution in [0.15, 0.2) is 27.3 Å². The Balaban J connectivity index is 1.94. The van der Waals surface area contributed by atoms with Crippen molar-refractivity contribution in [1.82, 2.24) is 15.2 Å². The third kappa shape index (κ3) is 2.55. The zero-order valence-corrected chi connectivity index (χ0v) is 12.9. The summed E-state index contributed by atoms with van der Waals surface area (Å²) in [6, 6.07) is 2.05. The summed E-state index contributed by atoms with van der Waals surface area (Å²) in [4.78, 5) is 6.41. The van der Waals surface area contributed by atoms with Gasteiger partial charge in [-0.25, -0.2) is 0 Å². The number of halogens is 1. The van der Waals surface area contributed by atoms with Crippen LogP contribution in [0.3, 0.4) is 0 Å². The Morgan fingerprint density at radius 1 is 1.40 bits per heavy atom. The second-order valence-electron chi connectivity index (χ2n) is 4.78. The van der Waals surface area contributed by atoms with E-state index in [0.717, 1.165) is 23.1 Å². The highest BCUT2D eigenvalue weighted by molar-refractivity contribution is 9.10. The quantitative estimate of drug-likeness (QED) is 0.856. The van der Waals surface area contributed by atoms with E-state index in [1.54, 1.807) is 20.2 Å². The van der Waals surface area contributed by atoms with Crippen LogP contribution in [0.5, 0.6) is 0 Å². The zero-order valence-electron chi connectivity index (χ0n) is 11.3. The summed E-state index contributed by atoms with van der Waals surface area (Å²) in [6.07, 6.45) is 4.56. The third-order valence-corrected chi connectivity index (χ3v) is 3.88. The van der Waals surface area contributed by atoms with Crippen LogP contribution in [0.25, 0.3) is 0 Å². The van der Waals surface area contributed by atoms with Crippen molar-refractivity contribution in [2.24, 2.45) is 0 Å². The molecule has 0 unspecified atom stereocenters. The Hall–Kier alpha value is -1.47. The molecule has 0 spiro atoms. The minimum atomic E-state index is 0.0252. The number of ether oxygens (including phenoxy) is 1. The van der Waals surface area contributed by atoms with E-state index in [-0.39, 0.29) is 12.1 Å². The van der Waals surface area contributed by atoms with Gasteiger partial charge in [0.05, 0.1) is 18.0 Å². The molecule has 7 heteroatoms. The first kappa shape index (κ1) is 13.5. The topological polar surface area (TPSA) is 64.3 Å². The molecule has 1 aliphatic rings. The molecule has 1 fully saturated rings. The molecule has 0 bridgehead atoms. The number of aromatic nitrogens is 3. The summed E-state index contributed by atoms with van der Waals surface area (Å²) in [5, 5.41) is 8.07. The van der Waals surface area contributed by atoms with Crippen molar-refractivity contribution < 1.29 is 9.15 Å². The van der Waals surface area contributed by atoms with Crippen LogP contribution in [0.2, 0.25) is 0 Å². The van der Waals surface area contributed by atoms with E-state index in [4.69, 9.17) is 9.15 Å². The molecule has 0 radical (unpaired) electrons. The average Bonchev–Trinajstić information content (AvgIpc) is 3.04. The van der Waals surface area contributed by atoms with Crippen molar-refractivity contribution in [3.8, 4) is 0 Å². The maximum Gasteiger partial charge on any atom is 0.238 e. The smallest absolute Gasteiger partial charge is 0.238 e. The van der Waals surface area contributed by atoms with Crippen molar-refractivity contribution in [2.45, 2.75) is 25.5 Å². The Labute approximate surface area is 125 Å². The molecule has 20 heavy (non-hydrogen) atoms. The standard InChI is InChI=1S/C13H15BrN4O2/c1-8-16-17-13(20-8)12-4-11(19-2)7-18(12)10-3-9(14)5-15-6-10/h3,5-6,11-12H,4,7H2,1-2H3/t11-,12-/m1/s1. The second kappa shape index (κ2) is 5.49. The van der Waals surface area contributed by atoms with Gasteiger partial charge in [0, 0.05) is 37.7 Å². The predicted octanol–water partition coefficient (Wildman–Crippen LogP) is 2.50. The Morgan fingerprint density at radius 3 is 2.90 bits per heavy atom. The molecule has 3 heterocycles. The normalized spacial score (nSPS) is 22.4. The first-order valence-electron chi connectivity index (χ1n) is 6.37. The Morgan fingerprint density at radius 2 is 2.25 bits per heavy atom. The molecular weight excluding hydrogens is 324 g/mol. The molecule has 2 aromatic heterocycles. The van der Waals surface area contributed by atoms with Gasteiger partial charge in [-0.15, -0.1) is 10.2 Å². The molecule has 2 aromatic rings. The van der Waals surface area contributed by atoms with Gasteiger partial charge in [-0.1, -0.05) is 0 Å². The van der Waals surface area contributed by atoms with Crippen molar-refractivity contribution in [3.63, 3.8) is 0 Å². The van der Waals surface area contributed by atoms with Crippen molar-refractivity contribution in [3.05, 3.63) is 34.7 Å². The lowest BCUT2D eigenvalue weighted by molar-refractivity contribution is 0.117. The van der Waals surface area contributed by atoms with Crippen molar-refractivity contribution in [2.75, 3.05) is 18.6 Å². The van der Waals surface area contributed by atoms with E-state index < -0.39 is 0 Å². The van der Waals surface area contributed by atoms with Crippen LogP contribution < -0.4 is 4.90 Å². The van der Waals surface area contributed by atoms with Crippen LogP contribution in [0.1, 0.15) is 24.2 Å². The summed E-state index contributed by atoms with van der Waals surface area (Å²) in [5.41, 5.74) is 1.01. The number of rotatable bonds is 3. The van der Waals surface area contributed by atoms with Gasteiger partial charge in [-0.05, 0) is 22.0 Å². The maximum atomic E-state index is 5.59. The summed E-state index contributed by atoms with van der Waals surface area (Å²) >= 11 is 3.45. The Bertz CT molecular complexity index is 604. The minimum Gasteiger partial charge on any atom is -0.423 e. The van der Waals surface area contributed by atoms with Gasteiger partial charge >= 0.3 is 0 Å². The number of methoxy groups -OCH3 is 1. The van der Waals surface area contributed by atoms with Gasteiger partial charge in [-0.2, -0.15) is 0 Å². The molecule has 106 valence electrons. The number of aryl methyl sites for hydroxylation is 1. The van der Waals surface area contributed by atoms with E-state index in [2.05, 4.69) is 36.0 Å². The summed E-state index contributed by atoms with van der Waals surface area (Å²) < 4.78 is 12.0. The minimum absolute atomic E-state index is 0.0252. The van der Waals surface area contributed by atoms with E-state index in [1.807, 2.05) is 12.3 Å².